The van der Waals surface area contributed by atoms with Crippen LogP contribution < -0.4 is 9.62 Å². The molecule has 0 radical (unpaired) electrons. The number of azo groups is 1. The van der Waals surface area contributed by atoms with Crippen LogP contribution in [-0.4, -0.2) is 44.6 Å². The summed E-state index contributed by atoms with van der Waals surface area (Å²) in [5.41, 5.74) is 3.21. The molecule has 0 saturated heterocycles. The minimum Gasteiger partial charge on any atom is -0.462 e. The number of ether oxygens (including phenoxy) is 1. The van der Waals surface area contributed by atoms with Gasteiger partial charge in [0.2, 0.25) is 0 Å². The lowest BCUT2D eigenvalue weighted by atomic mass is 10.2. The van der Waals surface area contributed by atoms with Gasteiger partial charge in [-0.25, -0.2) is 23.2 Å². The Hall–Kier alpha value is -4.12. The first-order valence-corrected chi connectivity index (χ1v) is 13.0. The van der Waals surface area contributed by atoms with Crippen LogP contribution in [0.4, 0.5) is 22.9 Å². The summed E-state index contributed by atoms with van der Waals surface area (Å²) < 4.78 is 33.0. The molecule has 0 saturated carbocycles. The molecule has 0 bridgehead atoms. The van der Waals surface area contributed by atoms with E-state index in [9.17, 15) is 13.2 Å². The van der Waals surface area contributed by atoms with Crippen molar-refractivity contribution in [3.63, 3.8) is 0 Å². The average molecular weight is 523 g/mol. The summed E-state index contributed by atoms with van der Waals surface area (Å²) in [6, 6.07) is 15.2. The van der Waals surface area contributed by atoms with E-state index in [-0.39, 0.29) is 16.7 Å². The highest BCUT2D eigenvalue weighted by Gasteiger charge is 2.15. The number of aryl methyl sites for hydroxylation is 2. The largest absolute Gasteiger partial charge is 0.462 e. The van der Waals surface area contributed by atoms with Crippen LogP contribution in [0.25, 0.3) is 0 Å². The molecular formula is C26H30N6O4S. The van der Waals surface area contributed by atoms with Crippen LogP contribution >= 0.6 is 0 Å². The zero-order valence-corrected chi connectivity index (χ0v) is 22.1. The van der Waals surface area contributed by atoms with E-state index in [2.05, 4.69) is 31.5 Å². The van der Waals surface area contributed by atoms with Gasteiger partial charge in [0.1, 0.15) is 11.6 Å². The molecule has 2 aromatic carbocycles. The fourth-order valence-corrected chi connectivity index (χ4v) is 4.26. The number of aromatic nitrogens is 2. The second kappa shape index (κ2) is 12.2. The molecule has 3 aromatic rings. The third kappa shape index (κ3) is 8.21. The minimum absolute atomic E-state index is 0.0853. The van der Waals surface area contributed by atoms with E-state index in [0.717, 1.165) is 5.69 Å². The van der Waals surface area contributed by atoms with Crippen molar-refractivity contribution in [1.82, 2.24) is 9.97 Å². The predicted octanol–water partition coefficient (Wildman–Crippen LogP) is 5.26. The van der Waals surface area contributed by atoms with E-state index in [1.165, 1.54) is 12.1 Å². The summed E-state index contributed by atoms with van der Waals surface area (Å²) in [4.78, 5) is 21.8. The number of carbonyl (C=O) groups excluding carboxylic acids is 1. The van der Waals surface area contributed by atoms with Crippen LogP contribution in [0.3, 0.4) is 0 Å². The van der Waals surface area contributed by atoms with Crippen molar-refractivity contribution in [1.29, 1.82) is 0 Å². The second-order valence-electron chi connectivity index (χ2n) is 8.45. The summed E-state index contributed by atoms with van der Waals surface area (Å²) >= 11 is 0. The van der Waals surface area contributed by atoms with E-state index in [1.54, 1.807) is 39.0 Å². The smallest absolute Gasteiger partial charge is 0.333 e. The first kappa shape index (κ1) is 27.5. The summed E-state index contributed by atoms with van der Waals surface area (Å²) in [6.45, 7) is 9.69. The van der Waals surface area contributed by atoms with Gasteiger partial charge in [-0.1, -0.05) is 6.58 Å². The summed E-state index contributed by atoms with van der Waals surface area (Å²) in [5, 5.41) is 8.42. The lowest BCUT2D eigenvalue weighted by Crippen LogP contribution is -2.20. The highest BCUT2D eigenvalue weighted by Crippen LogP contribution is 2.23. The summed E-state index contributed by atoms with van der Waals surface area (Å²) in [7, 11) is -1.85. The molecule has 0 fully saturated rings. The standard InChI is InChI=1S/C26H30N6O4S/c1-18(2)26(33)36-16-6-15-32(5)23-11-7-21(8-12-23)29-30-22-9-13-24(14-10-22)37(34,35)31-25-17-19(3)27-20(4)28-25/h7-14,17H,1,6,15-16H2,2-5H3,(H,27,28,31). The Morgan fingerprint density at radius 3 is 2.19 bits per heavy atom. The highest BCUT2D eigenvalue weighted by atomic mass is 32.2. The van der Waals surface area contributed by atoms with E-state index in [1.807, 2.05) is 36.2 Å². The number of nitrogens with zero attached hydrogens (tertiary/aromatic N) is 5. The molecule has 0 aliphatic rings. The summed E-state index contributed by atoms with van der Waals surface area (Å²) in [5.74, 6) is 0.321. The normalized spacial score (nSPS) is 11.4. The molecule has 3 rings (SSSR count). The fraction of sp³-hybridized carbons (Fsp3) is 0.269. The van der Waals surface area contributed by atoms with Crippen molar-refractivity contribution in [3.8, 4) is 0 Å². The lowest BCUT2D eigenvalue weighted by molar-refractivity contribution is -0.138. The Kier molecular flexibility index (Phi) is 9.07. The van der Waals surface area contributed by atoms with Crippen molar-refractivity contribution in [3.05, 3.63) is 78.3 Å². The number of benzene rings is 2. The van der Waals surface area contributed by atoms with Crippen LogP contribution in [0.1, 0.15) is 24.9 Å². The van der Waals surface area contributed by atoms with Gasteiger partial charge in [0, 0.05) is 36.6 Å². The average Bonchev–Trinajstić information content (AvgIpc) is 2.84. The Bertz CT molecular complexity index is 1370. The number of carbonyl (C=O) groups is 1. The minimum atomic E-state index is -3.81. The molecule has 0 spiro atoms. The zero-order chi connectivity index (χ0) is 27.0. The maximum Gasteiger partial charge on any atom is 0.333 e. The van der Waals surface area contributed by atoms with Crippen LogP contribution in [0.2, 0.25) is 0 Å². The van der Waals surface area contributed by atoms with Crippen LogP contribution in [0, 0.1) is 13.8 Å². The van der Waals surface area contributed by atoms with E-state index in [4.69, 9.17) is 4.74 Å². The summed E-state index contributed by atoms with van der Waals surface area (Å²) in [6.07, 6.45) is 0.691. The molecule has 1 N–H and O–H groups in total. The quantitative estimate of drug-likeness (QED) is 0.158. The topological polar surface area (TPSA) is 126 Å². The van der Waals surface area contributed by atoms with E-state index >= 15 is 0 Å². The first-order chi connectivity index (χ1) is 17.5. The molecule has 11 heteroatoms. The Balaban J connectivity index is 1.56. The number of rotatable bonds is 11. The molecule has 37 heavy (non-hydrogen) atoms. The van der Waals surface area contributed by atoms with Gasteiger partial charge in [-0.15, -0.1) is 0 Å². The number of hydrogen-bond acceptors (Lipinski definition) is 9. The van der Waals surface area contributed by atoms with Gasteiger partial charge in [-0.05, 0) is 75.7 Å². The van der Waals surface area contributed by atoms with Crippen LogP contribution in [0.15, 0.2) is 81.9 Å². The number of esters is 1. The zero-order valence-electron chi connectivity index (χ0n) is 21.3. The highest BCUT2D eigenvalue weighted by molar-refractivity contribution is 7.92. The van der Waals surface area contributed by atoms with E-state index in [0.29, 0.717) is 48.0 Å². The molecule has 0 amide bonds. The van der Waals surface area contributed by atoms with Crippen LogP contribution in [0.5, 0.6) is 0 Å². The Morgan fingerprint density at radius 2 is 1.62 bits per heavy atom. The fourth-order valence-electron chi connectivity index (χ4n) is 3.27. The van der Waals surface area contributed by atoms with Crippen molar-refractivity contribution in [2.45, 2.75) is 32.1 Å². The third-order valence-electron chi connectivity index (χ3n) is 5.14. The molecule has 1 heterocycles. The van der Waals surface area contributed by atoms with Crippen molar-refractivity contribution >= 4 is 38.9 Å². The molecule has 0 atom stereocenters. The molecule has 194 valence electrons. The van der Waals surface area contributed by atoms with Gasteiger partial charge >= 0.3 is 5.97 Å². The van der Waals surface area contributed by atoms with Crippen molar-refractivity contribution in [2.24, 2.45) is 10.2 Å². The maximum absolute atomic E-state index is 12.7. The second-order valence-corrected chi connectivity index (χ2v) is 10.1. The SMILES string of the molecule is C=C(C)C(=O)OCCCN(C)c1ccc(N=Nc2ccc(S(=O)(=O)Nc3cc(C)nc(C)n3)cc2)cc1. The number of anilines is 2. The molecular weight excluding hydrogens is 492 g/mol. The van der Waals surface area contributed by atoms with E-state index < -0.39 is 10.0 Å². The van der Waals surface area contributed by atoms with Gasteiger partial charge in [-0.2, -0.15) is 10.2 Å². The van der Waals surface area contributed by atoms with Gasteiger partial charge in [0.15, 0.2) is 0 Å². The Labute approximate surface area is 217 Å². The predicted molar refractivity (Wildman–Crippen MR) is 143 cm³/mol. The Morgan fingerprint density at radius 1 is 1.03 bits per heavy atom. The van der Waals surface area contributed by atoms with Crippen molar-refractivity contribution in [2.75, 3.05) is 29.8 Å². The van der Waals surface area contributed by atoms with Crippen LogP contribution in [-0.2, 0) is 19.6 Å². The maximum atomic E-state index is 12.7. The van der Waals surface area contributed by atoms with Crippen molar-refractivity contribution < 1.29 is 17.9 Å². The number of nitrogens with one attached hydrogen (secondary N) is 1. The first-order valence-electron chi connectivity index (χ1n) is 11.5. The van der Waals surface area contributed by atoms with Gasteiger partial charge in [0.25, 0.3) is 10.0 Å². The monoisotopic (exact) mass is 522 g/mol. The molecule has 0 unspecified atom stereocenters. The molecule has 1 aromatic heterocycles. The number of sulfonamides is 1. The van der Waals surface area contributed by atoms with Gasteiger partial charge < -0.3 is 9.64 Å². The lowest BCUT2D eigenvalue weighted by Gasteiger charge is -2.19. The van der Waals surface area contributed by atoms with Gasteiger partial charge in [-0.3, -0.25) is 4.72 Å². The number of hydrogen-bond donors (Lipinski definition) is 1. The van der Waals surface area contributed by atoms with Gasteiger partial charge in [0.05, 0.1) is 22.9 Å². The molecule has 0 aliphatic heterocycles. The molecule has 10 nitrogen and oxygen atoms in total. The molecule has 0 aliphatic carbocycles. The third-order valence-corrected chi connectivity index (χ3v) is 6.51.